The summed E-state index contributed by atoms with van der Waals surface area (Å²) in [4.78, 5) is 13.8. The molecule has 2 aromatic carbocycles. The van der Waals surface area contributed by atoms with Crippen molar-refractivity contribution < 1.29 is 4.79 Å². The standard InChI is InChI=1S/C21H24ClN3OS/c1-15-14-17(10-11-19(15)25-13-5-9-20(25)26)24-21(27)23-12-4-7-16-6-2-3-8-18(16)22/h2-3,6,8,10-11,14H,4-5,7,9,12-13H2,1H3,(H2,23,24,27). The molecule has 2 N–H and O–H groups in total. The lowest BCUT2D eigenvalue weighted by atomic mass is 10.1. The lowest BCUT2D eigenvalue weighted by Crippen LogP contribution is -2.29. The summed E-state index contributed by atoms with van der Waals surface area (Å²) in [5.41, 5.74) is 4.13. The molecule has 4 nitrogen and oxygen atoms in total. The van der Waals surface area contributed by atoms with Crippen molar-refractivity contribution in [2.24, 2.45) is 0 Å². The topological polar surface area (TPSA) is 44.4 Å². The molecule has 0 aliphatic carbocycles. The van der Waals surface area contributed by atoms with Gasteiger partial charge in [0.15, 0.2) is 5.11 Å². The average Bonchev–Trinajstić information content (AvgIpc) is 3.06. The molecule has 6 heteroatoms. The summed E-state index contributed by atoms with van der Waals surface area (Å²) < 4.78 is 0. The largest absolute Gasteiger partial charge is 0.362 e. The van der Waals surface area contributed by atoms with E-state index in [0.717, 1.165) is 59.9 Å². The maximum atomic E-state index is 11.9. The first-order chi connectivity index (χ1) is 13.0. The van der Waals surface area contributed by atoms with Crippen LogP contribution < -0.4 is 15.5 Å². The molecule has 0 saturated carbocycles. The van der Waals surface area contributed by atoms with Crippen LogP contribution in [0, 0.1) is 6.92 Å². The van der Waals surface area contributed by atoms with Gasteiger partial charge in [-0.15, -0.1) is 0 Å². The van der Waals surface area contributed by atoms with E-state index < -0.39 is 0 Å². The Kier molecular flexibility index (Phi) is 6.69. The molecule has 1 heterocycles. The highest BCUT2D eigenvalue weighted by molar-refractivity contribution is 7.80. The summed E-state index contributed by atoms with van der Waals surface area (Å²) in [6.45, 7) is 3.60. The van der Waals surface area contributed by atoms with Crippen molar-refractivity contribution in [3.63, 3.8) is 0 Å². The van der Waals surface area contributed by atoms with Crippen LogP contribution in [-0.2, 0) is 11.2 Å². The smallest absolute Gasteiger partial charge is 0.227 e. The predicted molar refractivity (Wildman–Crippen MR) is 117 cm³/mol. The van der Waals surface area contributed by atoms with Gasteiger partial charge in [0, 0.05) is 35.9 Å². The van der Waals surface area contributed by atoms with E-state index in [-0.39, 0.29) is 5.91 Å². The van der Waals surface area contributed by atoms with Crippen LogP contribution in [0.15, 0.2) is 42.5 Å². The highest BCUT2D eigenvalue weighted by Crippen LogP contribution is 2.27. The van der Waals surface area contributed by atoms with Crippen LogP contribution in [0.3, 0.4) is 0 Å². The number of hydrogen-bond acceptors (Lipinski definition) is 2. The number of halogens is 1. The van der Waals surface area contributed by atoms with E-state index in [4.69, 9.17) is 23.8 Å². The van der Waals surface area contributed by atoms with E-state index in [1.165, 1.54) is 0 Å². The lowest BCUT2D eigenvalue weighted by Gasteiger charge is -2.19. The molecule has 142 valence electrons. The van der Waals surface area contributed by atoms with Gasteiger partial charge >= 0.3 is 0 Å². The summed E-state index contributed by atoms with van der Waals surface area (Å²) in [7, 11) is 0. The van der Waals surface area contributed by atoms with Crippen LogP contribution in [0.5, 0.6) is 0 Å². The number of hydrogen-bond donors (Lipinski definition) is 2. The number of nitrogens with one attached hydrogen (secondary N) is 2. The van der Waals surface area contributed by atoms with Crippen molar-refractivity contribution in [1.29, 1.82) is 0 Å². The first kappa shape index (κ1) is 19.6. The number of anilines is 2. The van der Waals surface area contributed by atoms with Gasteiger partial charge < -0.3 is 15.5 Å². The van der Waals surface area contributed by atoms with Gasteiger partial charge in [0.25, 0.3) is 0 Å². The monoisotopic (exact) mass is 401 g/mol. The van der Waals surface area contributed by atoms with Crippen molar-refractivity contribution in [3.8, 4) is 0 Å². The molecule has 1 fully saturated rings. The van der Waals surface area contributed by atoms with Crippen LogP contribution >= 0.6 is 23.8 Å². The summed E-state index contributed by atoms with van der Waals surface area (Å²) in [5.74, 6) is 0.203. The minimum Gasteiger partial charge on any atom is -0.362 e. The van der Waals surface area contributed by atoms with Crippen molar-refractivity contribution in [2.75, 3.05) is 23.3 Å². The zero-order chi connectivity index (χ0) is 19.2. The van der Waals surface area contributed by atoms with Gasteiger partial charge in [-0.3, -0.25) is 4.79 Å². The summed E-state index contributed by atoms with van der Waals surface area (Å²) >= 11 is 11.6. The maximum absolute atomic E-state index is 11.9. The Morgan fingerprint density at radius 1 is 1.26 bits per heavy atom. The zero-order valence-corrected chi connectivity index (χ0v) is 17.0. The highest BCUT2D eigenvalue weighted by atomic mass is 35.5. The van der Waals surface area contributed by atoms with Crippen molar-refractivity contribution in [3.05, 3.63) is 58.6 Å². The van der Waals surface area contributed by atoms with Crippen LogP contribution in [0.25, 0.3) is 0 Å². The second-order valence-corrected chi connectivity index (χ2v) is 7.54. The number of amides is 1. The molecule has 1 saturated heterocycles. The molecular weight excluding hydrogens is 378 g/mol. The molecule has 0 unspecified atom stereocenters. The summed E-state index contributed by atoms with van der Waals surface area (Å²) in [5, 5.41) is 7.85. The number of benzene rings is 2. The van der Waals surface area contributed by atoms with Crippen LogP contribution in [0.2, 0.25) is 5.02 Å². The number of thiocarbonyl (C=S) groups is 1. The Labute approximate surface area is 170 Å². The van der Waals surface area contributed by atoms with Crippen LogP contribution in [0.1, 0.15) is 30.4 Å². The summed E-state index contributed by atoms with van der Waals surface area (Å²) in [6.07, 6.45) is 3.43. The highest BCUT2D eigenvalue weighted by Gasteiger charge is 2.22. The second kappa shape index (κ2) is 9.20. The molecule has 2 aromatic rings. The molecule has 0 spiro atoms. The third kappa shape index (κ3) is 5.21. The van der Waals surface area contributed by atoms with E-state index in [1.807, 2.05) is 54.3 Å². The fourth-order valence-electron chi connectivity index (χ4n) is 3.30. The van der Waals surface area contributed by atoms with Crippen molar-refractivity contribution in [1.82, 2.24) is 5.32 Å². The third-order valence-electron chi connectivity index (χ3n) is 4.69. The number of nitrogens with zero attached hydrogens (tertiary/aromatic N) is 1. The molecular formula is C21H24ClN3OS. The zero-order valence-electron chi connectivity index (χ0n) is 15.4. The minimum atomic E-state index is 0.203. The molecule has 0 bridgehead atoms. The van der Waals surface area contributed by atoms with Gasteiger partial charge in [-0.2, -0.15) is 0 Å². The first-order valence-corrected chi connectivity index (χ1v) is 10.0. The van der Waals surface area contributed by atoms with E-state index in [2.05, 4.69) is 10.6 Å². The third-order valence-corrected chi connectivity index (χ3v) is 5.30. The lowest BCUT2D eigenvalue weighted by molar-refractivity contribution is -0.117. The Balaban J connectivity index is 1.47. The van der Waals surface area contributed by atoms with Gasteiger partial charge in [-0.25, -0.2) is 0 Å². The Morgan fingerprint density at radius 3 is 2.78 bits per heavy atom. The maximum Gasteiger partial charge on any atom is 0.227 e. The van der Waals surface area contributed by atoms with Crippen molar-refractivity contribution in [2.45, 2.75) is 32.6 Å². The van der Waals surface area contributed by atoms with E-state index in [0.29, 0.717) is 11.5 Å². The molecule has 0 atom stereocenters. The summed E-state index contributed by atoms with van der Waals surface area (Å²) in [6, 6.07) is 13.9. The Bertz CT molecular complexity index is 840. The van der Waals surface area contributed by atoms with Gasteiger partial charge in [0.2, 0.25) is 5.91 Å². The molecule has 1 amide bonds. The molecule has 3 rings (SSSR count). The van der Waals surface area contributed by atoms with Crippen molar-refractivity contribution >= 4 is 46.2 Å². The second-order valence-electron chi connectivity index (χ2n) is 6.73. The number of carbonyl (C=O) groups excluding carboxylic acids is 1. The van der Waals surface area contributed by atoms with E-state index in [1.54, 1.807) is 0 Å². The fourth-order valence-corrected chi connectivity index (χ4v) is 3.75. The Morgan fingerprint density at radius 2 is 2.07 bits per heavy atom. The quantitative estimate of drug-likeness (QED) is 0.544. The number of aryl methyl sites for hydroxylation is 2. The SMILES string of the molecule is Cc1cc(NC(=S)NCCCc2ccccc2Cl)ccc1N1CCCC1=O. The predicted octanol–water partition coefficient (Wildman–Crippen LogP) is 4.69. The molecule has 1 aliphatic heterocycles. The fraction of sp³-hybridized carbons (Fsp3) is 0.333. The molecule has 27 heavy (non-hydrogen) atoms. The molecule has 0 radical (unpaired) electrons. The van der Waals surface area contributed by atoms with Gasteiger partial charge in [-0.05, 0) is 73.8 Å². The minimum absolute atomic E-state index is 0.203. The first-order valence-electron chi connectivity index (χ1n) is 9.24. The molecule has 0 aromatic heterocycles. The average molecular weight is 402 g/mol. The Hall–Kier alpha value is -2.11. The van der Waals surface area contributed by atoms with Gasteiger partial charge in [0.05, 0.1) is 0 Å². The van der Waals surface area contributed by atoms with Crippen LogP contribution in [0.4, 0.5) is 11.4 Å². The van der Waals surface area contributed by atoms with E-state index in [9.17, 15) is 4.79 Å². The molecule has 1 aliphatic rings. The van der Waals surface area contributed by atoms with E-state index >= 15 is 0 Å². The normalized spacial score (nSPS) is 13.7. The number of carbonyl (C=O) groups is 1. The van der Waals surface area contributed by atoms with Crippen LogP contribution in [-0.4, -0.2) is 24.1 Å². The van der Waals surface area contributed by atoms with Gasteiger partial charge in [-0.1, -0.05) is 29.8 Å². The van der Waals surface area contributed by atoms with Gasteiger partial charge in [0.1, 0.15) is 0 Å². The number of rotatable bonds is 6.